The predicted octanol–water partition coefficient (Wildman–Crippen LogP) is 4.54. The maximum absolute atomic E-state index is 5.73. The minimum Gasteiger partial charge on any atom is -0.441 e. The maximum atomic E-state index is 5.73. The first-order valence-electron chi connectivity index (χ1n) is 6.27. The molecule has 0 unspecified atom stereocenters. The number of nitrogens with zero attached hydrogens (tertiary/aromatic N) is 1. The van der Waals surface area contributed by atoms with E-state index in [9.17, 15) is 0 Å². The minimum absolute atomic E-state index is 0.889. The smallest absolute Gasteiger partial charge is 0.195 e. The van der Waals surface area contributed by atoms with Gasteiger partial charge >= 0.3 is 0 Å². The van der Waals surface area contributed by atoms with Gasteiger partial charge in [0.1, 0.15) is 5.52 Å². The van der Waals surface area contributed by atoms with E-state index >= 15 is 0 Å². The Hall–Kier alpha value is -0.580. The SMILES string of the molecule is CCCCCc1nc2cc(CCI)ccc2o1. The third kappa shape index (κ3) is 3.44. The summed E-state index contributed by atoms with van der Waals surface area (Å²) < 4.78 is 6.88. The molecule has 0 N–H and O–H groups in total. The highest BCUT2D eigenvalue weighted by atomic mass is 127. The fraction of sp³-hybridized carbons (Fsp3) is 0.500. The Morgan fingerprint density at radius 1 is 1.24 bits per heavy atom. The van der Waals surface area contributed by atoms with Gasteiger partial charge in [-0.3, -0.25) is 0 Å². The van der Waals surface area contributed by atoms with Gasteiger partial charge in [0.05, 0.1) is 0 Å². The van der Waals surface area contributed by atoms with Crippen LogP contribution in [0.3, 0.4) is 0 Å². The van der Waals surface area contributed by atoms with Gasteiger partial charge in [-0.25, -0.2) is 4.98 Å². The monoisotopic (exact) mass is 343 g/mol. The Balaban J connectivity index is 2.12. The quantitative estimate of drug-likeness (QED) is 0.437. The molecule has 2 nitrogen and oxygen atoms in total. The van der Waals surface area contributed by atoms with E-state index in [1.165, 1.54) is 24.8 Å². The van der Waals surface area contributed by atoms with Crippen molar-refractivity contribution in [2.45, 2.75) is 39.0 Å². The van der Waals surface area contributed by atoms with Crippen molar-refractivity contribution in [1.29, 1.82) is 0 Å². The normalized spacial score (nSPS) is 11.2. The fourth-order valence-electron chi connectivity index (χ4n) is 1.92. The minimum atomic E-state index is 0.889. The second kappa shape index (κ2) is 6.38. The Kier molecular flexibility index (Phi) is 4.83. The first kappa shape index (κ1) is 12.9. The second-order valence-corrected chi connectivity index (χ2v) is 5.38. The third-order valence-electron chi connectivity index (χ3n) is 2.87. The van der Waals surface area contributed by atoms with Crippen LogP contribution in [0.5, 0.6) is 0 Å². The number of alkyl halides is 1. The molecule has 17 heavy (non-hydrogen) atoms. The number of aryl methyl sites for hydroxylation is 2. The summed E-state index contributed by atoms with van der Waals surface area (Å²) in [4.78, 5) is 4.56. The van der Waals surface area contributed by atoms with Crippen LogP contribution in [0.1, 0.15) is 37.6 Å². The van der Waals surface area contributed by atoms with Crippen LogP contribution in [0, 0.1) is 0 Å². The molecule has 0 radical (unpaired) electrons. The van der Waals surface area contributed by atoms with Gasteiger partial charge in [0.15, 0.2) is 11.5 Å². The van der Waals surface area contributed by atoms with Crippen LogP contribution in [-0.4, -0.2) is 9.41 Å². The van der Waals surface area contributed by atoms with Crippen molar-refractivity contribution in [2.24, 2.45) is 0 Å². The van der Waals surface area contributed by atoms with Gasteiger partial charge in [-0.15, -0.1) is 0 Å². The van der Waals surface area contributed by atoms with E-state index < -0.39 is 0 Å². The summed E-state index contributed by atoms with van der Waals surface area (Å²) in [6.07, 6.45) is 5.72. The lowest BCUT2D eigenvalue weighted by Gasteiger charge is -1.95. The molecule has 2 rings (SSSR count). The molecule has 0 aliphatic heterocycles. The van der Waals surface area contributed by atoms with E-state index in [0.29, 0.717) is 0 Å². The summed E-state index contributed by atoms with van der Waals surface area (Å²) in [5, 5.41) is 0. The topological polar surface area (TPSA) is 26.0 Å². The average Bonchev–Trinajstić information content (AvgIpc) is 2.72. The molecule has 0 amide bonds. The molecule has 0 saturated carbocycles. The molecule has 92 valence electrons. The number of rotatable bonds is 6. The van der Waals surface area contributed by atoms with Gasteiger partial charge in [0.2, 0.25) is 0 Å². The number of halogens is 1. The highest BCUT2D eigenvalue weighted by molar-refractivity contribution is 14.1. The van der Waals surface area contributed by atoms with Crippen LogP contribution in [0.25, 0.3) is 11.1 Å². The van der Waals surface area contributed by atoms with Crippen molar-refractivity contribution in [3.63, 3.8) is 0 Å². The Bertz CT molecular complexity index is 478. The van der Waals surface area contributed by atoms with Crippen molar-refractivity contribution in [1.82, 2.24) is 4.98 Å². The van der Waals surface area contributed by atoms with Crippen molar-refractivity contribution in [3.05, 3.63) is 29.7 Å². The zero-order chi connectivity index (χ0) is 12.1. The molecule has 3 heteroatoms. The number of aromatic nitrogens is 1. The van der Waals surface area contributed by atoms with E-state index in [0.717, 1.165) is 34.3 Å². The molecule has 1 aromatic heterocycles. The molecule has 0 saturated heterocycles. The van der Waals surface area contributed by atoms with E-state index in [4.69, 9.17) is 4.42 Å². The van der Waals surface area contributed by atoms with Crippen molar-refractivity contribution >= 4 is 33.7 Å². The molecular formula is C14H18INO. The van der Waals surface area contributed by atoms with Crippen LogP contribution in [0.2, 0.25) is 0 Å². The van der Waals surface area contributed by atoms with Gasteiger partial charge in [-0.05, 0) is 30.5 Å². The molecule has 0 spiro atoms. The van der Waals surface area contributed by atoms with Crippen LogP contribution < -0.4 is 0 Å². The van der Waals surface area contributed by atoms with Gasteiger partial charge < -0.3 is 4.42 Å². The largest absolute Gasteiger partial charge is 0.441 e. The molecule has 1 heterocycles. The summed E-state index contributed by atoms with van der Waals surface area (Å²) in [6, 6.07) is 6.34. The standard InChI is InChI=1S/C14H18INO/c1-2-3-4-5-14-16-12-10-11(8-9-15)6-7-13(12)17-14/h6-7,10H,2-5,8-9H2,1H3. The molecule has 1 aromatic carbocycles. The van der Waals surface area contributed by atoms with Crippen LogP contribution in [-0.2, 0) is 12.8 Å². The number of fused-ring (bicyclic) bond motifs is 1. The zero-order valence-corrected chi connectivity index (χ0v) is 12.4. The lowest BCUT2D eigenvalue weighted by atomic mass is 10.1. The number of hydrogen-bond acceptors (Lipinski definition) is 2. The lowest BCUT2D eigenvalue weighted by molar-refractivity contribution is 0.512. The molecule has 0 atom stereocenters. The Morgan fingerprint density at radius 2 is 2.12 bits per heavy atom. The van der Waals surface area contributed by atoms with E-state index in [1.807, 2.05) is 6.07 Å². The first-order valence-corrected chi connectivity index (χ1v) is 7.80. The number of oxazole rings is 1. The molecular weight excluding hydrogens is 325 g/mol. The summed E-state index contributed by atoms with van der Waals surface area (Å²) >= 11 is 2.40. The maximum Gasteiger partial charge on any atom is 0.195 e. The van der Waals surface area contributed by atoms with E-state index in [-0.39, 0.29) is 0 Å². The van der Waals surface area contributed by atoms with Crippen LogP contribution >= 0.6 is 22.6 Å². The second-order valence-electron chi connectivity index (χ2n) is 4.31. The van der Waals surface area contributed by atoms with Gasteiger partial charge in [-0.2, -0.15) is 0 Å². The number of benzene rings is 1. The van der Waals surface area contributed by atoms with E-state index in [2.05, 4.69) is 46.6 Å². The van der Waals surface area contributed by atoms with Gasteiger partial charge in [0, 0.05) is 10.8 Å². The molecule has 2 aromatic rings. The first-order chi connectivity index (χ1) is 8.33. The molecule has 0 aliphatic rings. The Labute approximate surface area is 116 Å². The summed E-state index contributed by atoms with van der Waals surface area (Å²) in [6.45, 7) is 2.21. The lowest BCUT2D eigenvalue weighted by Crippen LogP contribution is -1.85. The van der Waals surface area contributed by atoms with Crippen molar-refractivity contribution in [3.8, 4) is 0 Å². The van der Waals surface area contributed by atoms with Gasteiger partial charge in [-0.1, -0.05) is 48.4 Å². The highest BCUT2D eigenvalue weighted by Crippen LogP contribution is 2.19. The van der Waals surface area contributed by atoms with Crippen molar-refractivity contribution in [2.75, 3.05) is 4.43 Å². The fourth-order valence-corrected chi connectivity index (χ4v) is 2.54. The van der Waals surface area contributed by atoms with Crippen LogP contribution in [0.4, 0.5) is 0 Å². The number of unbranched alkanes of at least 4 members (excludes halogenated alkanes) is 2. The summed E-state index contributed by atoms with van der Waals surface area (Å²) in [5.74, 6) is 0.889. The molecule has 0 fully saturated rings. The Morgan fingerprint density at radius 3 is 2.88 bits per heavy atom. The van der Waals surface area contributed by atoms with Crippen molar-refractivity contribution < 1.29 is 4.42 Å². The zero-order valence-electron chi connectivity index (χ0n) is 10.2. The summed E-state index contributed by atoms with van der Waals surface area (Å²) in [5.41, 5.74) is 3.29. The van der Waals surface area contributed by atoms with Gasteiger partial charge in [0.25, 0.3) is 0 Å². The third-order valence-corrected chi connectivity index (χ3v) is 3.41. The summed E-state index contributed by atoms with van der Waals surface area (Å²) in [7, 11) is 0. The molecule has 0 bridgehead atoms. The predicted molar refractivity (Wildman–Crippen MR) is 79.8 cm³/mol. The highest BCUT2D eigenvalue weighted by Gasteiger charge is 2.06. The number of hydrogen-bond donors (Lipinski definition) is 0. The average molecular weight is 343 g/mol. The van der Waals surface area contributed by atoms with Crippen LogP contribution in [0.15, 0.2) is 22.6 Å². The molecule has 0 aliphatic carbocycles. The van der Waals surface area contributed by atoms with E-state index in [1.54, 1.807) is 0 Å².